The summed E-state index contributed by atoms with van der Waals surface area (Å²) in [5.74, 6) is 0.781. The third-order valence-corrected chi connectivity index (χ3v) is 5.08. The van der Waals surface area contributed by atoms with Gasteiger partial charge in [0.15, 0.2) is 0 Å². The number of nitrogens with zero attached hydrogens (tertiary/aromatic N) is 2. The smallest absolute Gasteiger partial charge is 0.410 e. The van der Waals surface area contributed by atoms with Gasteiger partial charge in [-0.3, -0.25) is 0 Å². The molecule has 0 saturated carbocycles. The van der Waals surface area contributed by atoms with Gasteiger partial charge in [0.1, 0.15) is 5.60 Å². The second-order valence-corrected chi connectivity index (χ2v) is 8.35. The normalized spacial score (nSPS) is 22.2. The van der Waals surface area contributed by atoms with E-state index in [1.54, 1.807) is 4.90 Å². The van der Waals surface area contributed by atoms with Crippen LogP contribution in [0.5, 0.6) is 0 Å². The second-order valence-electron chi connectivity index (χ2n) is 8.35. The van der Waals surface area contributed by atoms with E-state index < -0.39 is 5.60 Å². The van der Waals surface area contributed by atoms with E-state index in [-0.39, 0.29) is 6.09 Å². The highest BCUT2D eigenvalue weighted by Crippen LogP contribution is 2.20. The van der Waals surface area contributed by atoms with Crippen molar-refractivity contribution in [2.45, 2.75) is 58.6 Å². The summed E-state index contributed by atoms with van der Waals surface area (Å²) in [5.41, 5.74) is 0.987. The van der Waals surface area contributed by atoms with E-state index in [4.69, 9.17) is 4.74 Å². The molecule has 1 atom stereocenters. The van der Waals surface area contributed by atoms with E-state index >= 15 is 0 Å². The van der Waals surface area contributed by atoms with Gasteiger partial charge in [0, 0.05) is 25.7 Å². The van der Waals surface area contributed by atoms with Gasteiger partial charge in [-0.1, -0.05) is 11.6 Å². The molecule has 0 aromatic heterocycles. The average Bonchev–Trinajstić information content (AvgIpc) is 2.52. The van der Waals surface area contributed by atoms with Crippen molar-refractivity contribution in [1.82, 2.24) is 15.1 Å². The summed E-state index contributed by atoms with van der Waals surface area (Å²) in [4.78, 5) is 16.3. The molecule has 2 rings (SSSR count). The fourth-order valence-electron chi connectivity index (χ4n) is 3.35. The molecule has 1 amide bonds. The molecule has 0 spiro atoms. The van der Waals surface area contributed by atoms with Crippen molar-refractivity contribution in [3.63, 3.8) is 0 Å². The third kappa shape index (κ3) is 6.10. The van der Waals surface area contributed by atoms with Crippen molar-refractivity contribution in [3.8, 4) is 0 Å². The van der Waals surface area contributed by atoms with E-state index in [0.29, 0.717) is 12.6 Å². The van der Waals surface area contributed by atoms with Crippen LogP contribution in [0.25, 0.3) is 0 Å². The van der Waals surface area contributed by atoms with E-state index in [9.17, 15) is 4.79 Å². The number of carbonyl (C=O) groups is 1. The minimum Gasteiger partial charge on any atom is -0.444 e. The van der Waals surface area contributed by atoms with Gasteiger partial charge in [0.05, 0.1) is 0 Å². The Morgan fingerprint density at radius 3 is 2.54 bits per heavy atom. The number of nitrogens with one attached hydrogen (secondary N) is 1. The van der Waals surface area contributed by atoms with Crippen LogP contribution in [0.15, 0.2) is 11.6 Å². The summed E-state index contributed by atoms with van der Waals surface area (Å²) >= 11 is 0. The molecule has 2 aliphatic heterocycles. The monoisotopic (exact) mass is 337 g/mol. The SMILES string of the molecule is CC(NCC1=CCN(C(=O)OC(C)(C)C)CC1)C1CCN(C)CC1. The van der Waals surface area contributed by atoms with Crippen molar-refractivity contribution >= 4 is 6.09 Å². The third-order valence-electron chi connectivity index (χ3n) is 5.08. The Bertz CT molecular complexity index is 448. The van der Waals surface area contributed by atoms with Gasteiger partial charge in [-0.2, -0.15) is 0 Å². The van der Waals surface area contributed by atoms with Crippen molar-refractivity contribution in [3.05, 3.63) is 11.6 Å². The molecule has 2 heterocycles. The zero-order valence-corrected chi connectivity index (χ0v) is 16.1. The number of rotatable bonds is 4. The molecule has 0 aromatic rings. The fourth-order valence-corrected chi connectivity index (χ4v) is 3.35. The summed E-state index contributed by atoms with van der Waals surface area (Å²) < 4.78 is 5.44. The highest BCUT2D eigenvalue weighted by molar-refractivity contribution is 5.68. The molecule has 0 aromatic carbocycles. The molecule has 5 heteroatoms. The first-order valence-electron chi connectivity index (χ1n) is 9.32. The van der Waals surface area contributed by atoms with Crippen LogP contribution < -0.4 is 5.32 Å². The Morgan fingerprint density at radius 1 is 1.33 bits per heavy atom. The van der Waals surface area contributed by atoms with Crippen LogP contribution in [0.4, 0.5) is 4.79 Å². The lowest BCUT2D eigenvalue weighted by Crippen LogP contribution is -2.42. The predicted molar refractivity (Wildman–Crippen MR) is 98.2 cm³/mol. The van der Waals surface area contributed by atoms with Gasteiger partial charge in [0.2, 0.25) is 0 Å². The molecule has 1 fully saturated rings. The number of piperidine rings is 1. The van der Waals surface area contributed by atoms with Crippen molar-refractivity contribution in [1.29, 1.82) is 0 Å². The van der Waals surface area contributed by atoms with Crippen LogP contribution in [-0.2, 0) is 4.74 Å². The Balaban J connectivity index is 1.72. The first-order chi connectivity index (χ1) is 11.2. The largest absolute Gasteiger partial charge is 0.444 e. The number of hydrogen-bond acceptors (Lipinski definition) is 4. The summed E-state index contributed by atoms with van der Waals surface area (Å²) in [6, 6.07) is 0.559. The standard InChI is InChI=1S/C19H35N3O2/c1-15(17-8-10-21(5)11-9-17)20-14-16-6-12-22(13-7-16)18(23)24-19(2,3)4/h6,15,17,20H,7-14H2,1-5H3. The molecule has 0 aliphatic carbocycles. The van der Waals surface area contributed by atoms with E-state index in [1.807, 2.05) is 20.8 Å². The zero-order valence-electron chi connectivity index (χ0n) is 16.1. The molecular weight excluding hydrogens is 302 g/mol. The summed E-state index contributed by atoms with van der Waals surface area (Å²) in [6.07, 6.45) is 5.49. The Labute approximate surface area is 147 Å². The molecule has 24 heavy (non-hydrogen) atoms. The second kappa shape index (κ2) is 8.34. The zero-order chi connectivity index (χ0) is 17.7. The average molecular weight is 338 g/mol. The Morgan fingerprint density at radius 2 is 2.00 bits per heavy atom. The van der Waals surface area contributed by atoms with E-state index in [0.717, 1.165) is 25.4 Å². The van der Waals surface area contributed by atoms with Crippen LogP contribution in [0, 0.1) is 5.92 Å². The number of amides is 1. The maximum atomic E-state index is 12.1. The Kier molecular flexibility index (Phi) is 6.70. The molecule has 1 unspecified atom stereocenters. The van der Waals surface area contributed by atoms with Crippen LogP contribution >= 0.6 is 0 Å². The lowest BCUT2D eigenvalue weighted by atomic mass is 9.90. The summed E-state index contributed by atoms with van der Waals surface area (Å²) in [7, 11) is 2.21. The lowest BCUT2D eigenvalue weighted by Gasteiger charge is -2.34. The number of carbonyl (C=O) groups excluding carboxylic acids is 1. The van der Waals surface area contributed by atoms with Crippen molar-refractivity contribution in [2.24, 2.45) is 5.92 Å². The molecular formula is C19H35N3O2. The Hall–Kier alpha value is -1.07. The lowest BCUT2D eigenvalue weighted by molar-refractivity contribution is 0.0265. The van der Waals surface area contributed by atoms with Crippen LogP contribution in [0.3, 0.4) is 0 Å². The molecule has 0 radical (unpaired) electrons. The highest BCUT2D eigenvalue weighted by atomic mass is 16.6. The molecule has 0 bridgehead atoms. The van der Waals surface area contributed by atoms with Crippen molar-refractivity contribution in [2.75, 3.05) is 39.8 Å². The van der Waals surface area contributed by atoms with Crippen LogP contribution in [0.1, 0.15) is 47.0 Å². The molecule has 2 aliphatic rings. The van der Waals surface area contributed by atoms with Crippen molar-refractivity contribution < 1.29 is 9.53 Å². The van der Waals surface area contributed by atoms with Crippen LogP contribution in [0.2, 0.25) is 0 Å². The molecule has 5 nitrogen and oxygen atoms in total. The predicted octanol–water partition coefficient (Wildman–Crippen LogP) is 2.87. The minimum absolute atomic E-state index is 0.203. The molecule has 138 valence electrons. The van der Waals surface area contributed by atoms with Gasteiger partial charge in [0.25, 0.3) is 0 Å². The number of ether oxygens (including phenoxy) is 1. The highest BCUT2D eigenvalue weighted by Gasteiger charge is 2.25. The van der Waals surface area contributed by atoms with Gasteiger partial charge in [-0.25, -0.2) is 4.79 Å². The van der Waals surface area contributed by atoms with Crippen LogP contribution in [-0.4, -0.2) is 67.3 Å². The first kappa shape index (κ1) is 19.3. The van der Waals surface area contributed by atoms with Gasteiger partial charge >= 0.3 is 6.09 Å². The summed E-state index contributed by atoms with van der Waals surface area (Å²) in [6.45, 7) is 12.8. The first-order valence-corrected chi connectivity index (χ1v) is 9.32. The number of hydrogen-bond donors (Lipinski definition) is 1. The maximum Gasteiger partial charge on any atom is 0.410 e. The van der Waals surface area contributed by atoms with Gasteiger partial charge in [-0.15, -0.1) is 0 Å². The van der Waals surface area contributed by atoms with E-state index in [1.165, 1.54) is 31.5 Å². The molecule has 1 saturated heterocycles. The molecule has 1 N–H and O–H groups in total. The maximum absolute atomic E-state index is 12.1. The quantitative estimate of drug-likeness (QED) is 0.801. The fraction of sp³-hybridized carbons (Fsp3) is 0.842. The topological polar surface area (TPSA) is 44.8 Å². The van der Waals surface area contributed by atoms with Gasteiger partial charge in [-0.05, 0) is 73.0 Å². The van der Waals surface area contributed by atoms with E-state index in [2.05, 4.69) is 30.3 Å². The summed E-state index contributed by atoms with van der Waals surface area (Å²) in [5, 5.41) is 3.70. The van der Waals surface area contributed by atoms with Gasteiger partial charge < -0.3 is 19.9 Å². The number of likely N-dealkylation sites (tertiary alicyclic amines) is 1. The minimum atomic E-state index is -0.424.